The van der Waals surface area contributed by atoms with Gasteiger partial charge >= 0.3 is 0 Å². The summed E-state index contributed by atoms with van der Waals surface area (Å²) in [5, 5.41) is 3.16. The Kier molecular flexibility index (Phi) is 8.06. The molecule has 64 heavy (non-hydrogen) atoms. The van der Waals surface area contributed by atoms with E-state index in [9.17, 15) is 0 Å². The highest BCUT2D eigenvalue weighted by molar-refractivity contribution is 6.15. The molecule has 1 aliphatic heterocycles. The molecule has 3 heterocycles. The van der Waals surface area contributed by atoms with Crippen molar-refractivity contribution in [3.63, 3.8) is 0 Å². The molecule has 11 aromatic rings. The van der Waals surface area contributed by atoms with Crippen LogP contribution in [-0.4, -0.2) is 19.9 Å². The maximum absolute atomic E-state index is 7.17. The SMILES string of the molecule is c1ccc(-c2nc(-c3ccccc3)nc(-c3ccc(-c4ccc5c(c4)nc(-c4ccccc4)c4c6c(ccc45)C4(c5ccccc5O6)c5ccccc5-c5ccccc54)cc3)n2)cc1. The third-order valence-electron chi connectivity index (χ3n) is 13.0. The Morgan fingerprint density at radius 3 is 1.41 bits per heavy atom. The molecule has 0 radical (unpaired) electrons. The zero-order valence-corrected chi connectivity index (χ0v) is 34.5. The summed E-state index contributed by atoms with van der Waals surface area (Å²) in [5.41, 5.74) is 14.5. The van der Waals surface area contributed by atoms with Crippen LogP contribution in [-0.2, 0) is 5.41 Å². The second-order valence-corrected chi connectivity index (χ2v) is 16.5. The van der Waals surface area contributed by atoms with Crippen LogP contribution in [0.2, 0.25) is 0 Å². The molecule has 0 amide bonds. The summed E-state index contributed by atoms with van der Waals surface area (Å²) in [6.45, 7) is 0. The lowest BCUT2D eigenvalue weighted by Crippen LogP contribution is -2.32. The quantitative estimate of drug-likeness (QED) is 0.162. The van der Waals surface area contributed by atoms with Gasteiger partial charge in [-0.3, -0.25) is 0 Å². The van der Waals surface area contributed by atoms with E-state index in [1.54, 1.807) is 0 Å². The third-order valence-corrected chi connectivity index (χ3v) is 13.0. The van der Waals surface area contributed by atoms with Crippen LogP contribution in [0.1, 0.15) is 22.3 Å². The van der Waals surface area contributed by atoms with Crippen molar-refractivity contribution >= 4 is 21.7 Å². The maximum Gasteiger partial charge on any atom is 0.164 e. The summed E-state index contributed by atoms with van der Waals surface area (Å²) in [7, 11) is 0. The van der Waals surface area contributed by atoms with Crippen molar-refractivity contribution in [1.82, 2.24) is 19.9 Å². The molecule has 0 atom stereocenters. The maximum atomic E-state index is 7.17. The minimum atomic E-state index is -0.571. The van der Waals surface area contributed by atoms with Gasteiger partial charge in [-0.1, -0.05) is 206 Å². The van der Waals surface area contributed by atoms with Crippen molar-refractivity contribution in [1.29, 1.82) is 0 Å². The van der Waals surface area contributed by atoms with Crippen LogP contribution in [0, 0.1) is 0 Å². The second kappa shape index (κ2) is 14.3. The van der Waals surface area contributed by atoms with Gasteiger partial charge in [-0.15, -0.1) is 0 Å². The van der Waals surface area contributed by atoms with Crippen molar-refractivity contribution in [3.8, 4) is 79.2 Å². The van der Waals surface area contributed by atoms with Crippen molar-refractivity contribution in [3.05, 3.63) is 241 Å². The Hall–Kier alpha value is -8.54. The number of hydrogen-bond acceptors (Lipinski definition) is 5. The molecule has 0 bridgehead atoms. The van der Waals surface area contributed by atoms with Gasteiger partial charge in [0, 0.05) is 38.8 Å². The summed E-state index contributed by atoms with van der Waals surface area (Å²) < 4.78 is 7.17. The number of ether oxygens (including phenoxy) is 1. The number of hydrogen-bond donors (Lipinski definition) is 0. The first-order valence-electron chi connectivity index (χ1n) is 21.6. The first kappa shape index (κ1) is 36.1. The number of pyridine rings is 1. The lowest BCUT2D eigenvalue weighted by molar-refractivity contribution is 0.442. The highest BCUT2D eigenvalue weighted by Crippen LogP contribution is 2.63. The van der Waals surface area contributed by atoms with Crippen LogP contribution in [0.3, 0.4) is 0 Å². The number of nitrogens with zero attached hydrogens (tertiary/aromatic N) is 4. The van der Waals surface area contributed by atoms with Crippen LogP contribution in [0.4, 0.5) is 0 Å². The van der Waals surface area contributed by atoms with Gasteiger partial charge in [-0.05, 0) is 50.9 Å². The second-order valence-electron chi connectivity index (χ2n) is 16.5. The van der Waals surface area contributed by atoms with Gasteiger partial charge in [0.05, 0.1) is 22.0 Å². The Morgan fingerprint density at radius 1 is 0.328 bits per heavy atom. The van der Waals surface area contributed by atoms with Gasteiger partial charge < -0.3 is 4.74 Å². The molecule has 298 valence electrons. The van der Waals surface area contributed by atoms with E-state index in [-0.39, 0.29) is 0 Å². The molecule has 1 spiro atoms. The number of rotatable bonds is 5. The molecule has 2 aromatic heterocycles. The summed E-state index contributed by atoms with van der Waals surface area (Å²) in [4.78, 5) is 20.4. The van der Waals surface area contributed by atoms with Gasteiger partial charge in [0.25, 0.3) is 0 Å². The van der Waals surface area contributed by atoms with Gasteiger partial charge in [0.2, 0.25) is 0 Å². The fourth-order valence-electron chi connectivity index (χ4n) is 10.1. The fraction of sp³-hybridized carbons (Fsp3) is 0.0169. The summed E-state index contributed by atoms with van der Waals surface area (Å²) >= 11 is 0. The average Bonchev–Trinajstić information content (AvgIpc) is 3.67. The van der Waals surface area contributed by atoms with E-state index in [2.05, 4.69) is 158 Å². The van der Waals surface area contributed by atoms with Gasteiger partial charge in [-0.25, -0.2) is 19.9 Å². The van der Waals surface area contributed by atoms with Crippen molar-refractivity contribution in [2.75, 3.05) is 0 Å². The van der Waals surface area contributed by atoms with Crippen LogP contribution in [0.25, 0.3) is 89.4 Å². The highest BCUT2D eigenvalue weighted by atomic mass is 16.5. The normalized spacial score (nSPS) is 12.9. The smallest absolute Gasteiger partial charge is 0.164 e. The largest absolute Gasteiger partial charge is 0.456 e. The molecule has 0 fully saturated rings. The average molecular weight is 817 g/mol. The predicted octanol–water partition coefficient (Wildman–Crippen LogP) is 14.4. The highest BCUT2D eigenvalue weighted by Gasteiger charge is 2.51. The molecular weight excluding hydrogens is 781 g/mol. The minimum Gasteiger partial charge on any atom is -0.456 e. The first-order chi connectivity index (χ1) is 31.7. The topological polar surface area (TPSA) is 60.8 Å². The molecule has 2 aliphatic rings. The first-order valence-corrected chi connectivity index (χ1v) is 21.6. The number of para-hydroxylation sites is 1. The van der Waals surface area contributed by atoms with Crippen LogP contribution < -0.4 is 4.74 Å². The van der Waals surface area contributed by atoms with E-state index in [1.807, 2.05) is 60.7 Å². The molecule has 0 saturated heterocycles. The predicted molar refractivity (Wildman–Crippen MR) is 257 cm³/mol. The van der Waals surface area contributed by atoms with Gasteiger partial charge in [0.15, 0.2) is 17.5 Å². The molecule has 0 N–H and O–H groups in total. The lowest BCUT2D eigenvalue weighted by Gasteiger charge is -2.40. The van der Waals surface area contributed by atoms with Gasteiger partial charge in [0.1, 0.15) is 11.5 Å². The van der Waals surface area contributed by atoms with Crippen LogP contribution >= 0.6 is 0 Å². The van der Waals surface area contributed by atoms with E-state index >= 15 is 0 Å². The molecule has 0 unspecified atom stereocenters. The lowest BCUT2D eigenvalue weighted by atomic mass is 9.65. The number of fused-ring (bicyclic) bond motifs is 13. The van der Waals surface area contributed by atoms with Crippen molar-refractivity contribution < 1.29 is 4.74 Å². The molecule has 5 heteroatoms. The Bertz CT molecular complexity index is 3520. The van der Waals surface area contributed by atoms with Crippen LogP contribution in [0.15, 0.2) is 218 Å². The standard InChI is InChI=1S/C59H36N4O/c1-4-16-38(17-5-1)54-53-46(34-35-50-55(53)64-52-27-15-14-26-49(52)59(50)47-24-12-10-22-43(47)44-23-11-13-25-48(44)59)45-33-32-42(36-51(45)60-54)37-28-30-41(31-29-37)58-62-56(39-18-6-2-7-19-39)61-57(63-58)40-20-8-3-9-21-40/h1-36H. The molecule has 13 rings (SSSR count). The summed E-state index contributed by atoms with van der Waals surface area (Å²) in [6, 6.07) is 76.6. The zero-order chi connectivity index (χ0) is 42.2. The Labute approximate surface area is 370 Å². The molecular formula is C59H36N4O. The van der Waals surface area contributed by atoms with E-state index in [0.29, 0.717) is 17.5 Å². The number of aromatic nitrogens is 4. The summed E-state index contributed by atoms with van der Waals surface area (Å²) in [5.74, 6) is 3.60. The van der Waals surface area contributed by atoms with Crippen molar-refractivity contribution in [2.24, 2.45) is 0 Å². The van der Waals surface area contributed by atoms with E-state index < -0.39 is 5.41 Å². The van der Waals surface area contributed by atoms with E-state index in [0.717, 1.165) is 83.4 Å². The molecule has 5 nitrogen and oxygen atoms in total. The fourth-order valence-corrected chi connectivity index (χ4v) is 10.1. The van der Waals surface area contributed by atoms with Gasteiger partial charge in [-0.2, -0.15) is 0 Å². The molecule has 0 saturated carbocycles. The number of benzene rings is 9. The molecule has 1 aliphatic carbocycles. The van der Waals surface area contributed by atoms with E-state index in [1.165, 1.54) is 22.3 Å². The summed E-state index contributed by atoms with van der Waals surface area (Å²) in [6.07, 6.45) is 0. The zero-order valence-electron chi connectivity index (χ0n) is 34.5. The van der Waals surface area contributed by atoms with Crippen molar-refractivity contribution in [2.45, 2.75) is 5.41 Å². The Balaban J connectivity index is 0.974. The van der Waals surface area contributed by atoms with E-state index in [4.69, 9.17) is 24.7 Å². The molecule has 9 aromatic carbocycles. The monoisotopic (exact) mass is 816 g/mol. The minimum absolute atomic E-state index is 0.571. The Morgan fingerprint density at radius 2 is 0.797 bits per heavy atom. The van der Waals surface area contributed by atoms with Crippen LogP contribution in [0.5, 0.6) is 11.5 Å². The third kappa shape index (κ3) is 5.44.